The third kappa shape index (κ3) is 6.27. The summed E-state index contributed by atoms with van der Waals surface area (Å²) in [6.07, 6.45) is 2.11. The lowest BCUT2D eigenvalue weighted by Crippen LogP contribution is -2.43. The topological polar surface area (TPSA) is 54.9 Å². The Morgan fingerprint density at radius 1 is 1.15 bits per heavy atom. The Morgan fingerprint density at radius 3 is 2.59 bits per heavy atom. The van der Waals surface area contributed by atoms with E-state index in [1.54, 1.807) is 11.3 Å². The van der Waals surface area contributed by atoms with E-state index in [4.69, 9.17) is 14.5 Å². The summed E-state index contributed by atoms with van der Waals surface area (Å²) in [4.78, 5) is 22.7. The van der Waals surface area contributed by atoms with Crippen molar-refractivity contribution < 1.29 is 14.3 Å². The predicted octanol–water partition coefficient (Wildman–Crippen LogP) is 5.49. The molecule has 2 heterocycles. The van der Waals surface area contributed by atoms with Gasteiger partial charge in [0.05, 0.1) is 30.0 Å². The summed E-state index contributed by atoms with van der Waals surface area (Å²) >= 11 is 1.58. The second-order valence-electron chi connectivity index (χ2n) is 8.49. The van der Waals surface area contributed by atoms with E-state index in [1.165, 1.54) is 11.1 Å². The first-order valence-corrected chi connectivity index (χ1v) is 12.6. The molecule has 1 aliphatic heterocycles. The van der Waals surface area contributed by atoms with E-state index in [9.17, 15) is 4.79 Å². The second kappa shape index (κ2) is 12.5. The number of morpholine rings is 1. The molecule has 3 aromatic rings. The van der Waals surface area contributed by atoms with Crippen LogP contribution in [0, 0.1) is 13.8 Å². The van der Waals surface area contributed by atoms with Gasteiger partial charge < -0.3 is 9.47 Å². The SMILES string of the molecule is CCCCOc1ccc(C(=O)N(CCN2CCOCC2)c2nc3c(C)c(C)ccc3s2)cc1.Cl. The van der Waals surface area contributed by atoms with E-state index < -0.39 is 0 Å². The number of ether oxygens (including phenoxy) is 2. The van der Waals surface area contributed by atoms with Gasteiger partial charge in [-0.15, -0.1) is 12.4 Å². The van der Waals surface area contributed by atoms with Crippen molar-refractivity contribution in [3.63, 3.8) is 0 Å². The number of anilines is 1. The van der Waals surface area contributed by atoms with Gasteiger partial charge in [-0.05, 0) is 61.7 Å². The van der Waals surface area contributed by atoms with E-state index in [2.05, 4.69) is 37.8 Å². The van der Waals surface area contributed by atoms with Gasteiger partial charge in [-0.25, -0.2) is 4.98 Å². The molecule has 0 spiro atoms. The Hall–Kier alpha value is -2.19. The average molecular weight is 504 g/mol. The number of carbonyl (C=O) groups excluding carboxylic acids is 1. The fourth-order valence-corrected chi connectivity index (χ4v) is 4.91. The van der Waals surface area contributed by atoms with Gasteiger partial charge in [0.1, 0.15) is 5.75 Å². The molecule has 1 aromatic heterocycles. The van der Waals surface area contributed by atoms with E-state index >= 15 is 0 Å². The van der Waals surface area contributed by atoms with Crippen molar-refractivity contribution in [1.29, 1.82) is 0 Å². The molecule has 2 aromatic carbocycles. The molecule has 6 nitrogen and oxygen atoms in total. The number of benzene rings is 2. The molecule has 0 saturated carbocycles. The number of halogens is 1. The summed E-state index contributed by atoms with van der Waals surface area (Å²) < 4.78 is 12.3. The number of amides is 1. The van der Waals surface area contributed by atoms with Crippen LogP contribution in [-0.2, 0) is 4.74 Å². The average Bonchev–Trinajstić information content (AvgIpc) is 3.27. The van der Waals surface area contributed by atoms with Crippen molar-refractivity contribution in [3.05, 3.63) is 53.1 Å². The molecule has 1 fully saturated rings. The highest BCUT2D eigenvalue weighted by molar-refractivity contribution is 7.22. The smallest absolute Gasteiger partial charge is 0.260 e. The van der Waals surface area contributed by atoms with Crippen LogP contribution in [0.5, 0.6) is 5.75 Å². The maximum atomic E-state index is 13.6. The minimum absolute atomic E-state index is 0. The Bertz CT molecular complexity index is 1080. The lowest BCUT2D eigenvalue weighted by Gasteiger charge is -2.29. The highest BCUT2D eigenvalue weighted by Crippen LogP contribution is 2.32. The first-order valence-electron chi connectivity index (χ1n) is 11.8. The van der Waals surface area contributed by atoms with Gasteiger partial charge in [-0.2, -0.15) is 0 Å². The van der Waals surface area contributed by atoms with Crippen molar-refractivity contribution in [1.82, 2.24) is 9.88 Å². The molecule has 1 saturated heterocycles. The number of fused-ring (bicyclic) bond motifs is 1. The van der Waals surface area contributed by atoms with Crippen molar-refractivity contribution in [2.75, 3.05) is 50.9 Å². The van der Waals surface area contributed by atoms with Gasteiger partial charge in [-0.1, -0.05) is 30.7 Å². The van der Waals surface area contributed by atoms with Crippen LogP contribution in [0.4, 0.5) is 5.13 Å². The van der Waals surface area contributed by atoms with E-state index in [0.29, 0.717) is 18.7 Å². The molecule has 0 unspecified atom stereocenters. The standard InChI is InChI=1S/C26H33N3O3S.ClH/c1-4-5-16-32-22-9-7-21(8-10-22)25(30)29(13-12-28-14-17-31-18-15-28)26-27-24-20(3)19(2)6-11-23(24)33-26;/h6-11H,4-5,12-18H2,1-3H3;1H. The number of rotatable bonds is 9. The van der Waals surface area contributed by atoms with Gasteiger partial charge in [0, 0.05) is 31.7 Å². The second-order valence-corrected chi connectivity index (χ2v) is 9.50. The van der Waals surface area contributed by atoms with Crippen LogP contribution in [0.3, 0.4) is 0 Å². The first kappa shape index (κ1) is 26.4. The Kier molecular flexibility index (Phi) is 9.71. The molecule has 4 rings (SSSR count). The predicted molar refractivity (Wildman–Crippen MR) is 142 cm³/mol. The number of unbranched alkanes of at least 4 members (excludes halogenated alkanes) is 1. The van der Waals surface area contributed by atoms with Crippen molar-refractivity contribution in [2.45, 2.75) is 33.6 Å². The highest BCUT2D eigenvalue weighted by Gasteiger charge is 2.23. The zero-order chi connectivity index (χ0) is 23.2. The molecule has 1 aliphatic rings. The summed E-state index contributed by atoms with van der Waals surface area (Å²) in [5, 5.41) is 0.750. The van der Waals surface area contributed by atoms with Crippen molar-refractivity contribution in [2.24, 2.45) is 0 Å². The van der Waals surface area contributed by atoms with Crippen molar-refractivity contribution in [3.8, 4) is 5.75 Å². The van der Waals surface area contributed by atoms with Gasteiger partial charge in [0.25, 0.3) is 5.91 Å². The molecule has 184 valence electrons. The molecule has 1 amide bonds. The lowest BCUT2D eigenvalue weighted by molar-refractivity contribution is 0.0391. The van der Waals surface area contributed by atoms with Crippen LogP contribution >= 0.6 is 23.7 Å². The van der Waals surface area contributed by atoms with Crippen LogP contribution in [-0.4, -0.2) is 61.8 Å². The van der Waals surface area contributed by atoms with Crippen LogP contribution in [0.15, 0.2) is 36.4 Å². The molecule has 0 aliphatic carbocycles. The fourth-order valence-electron chi connectivity index (χ4n) is 3.86. The number of aromatic nitrogens is 1. The third-order valence-electron chi connectivity index (χ3n) is 6.16. The number of hydrogen-bond acceptors (Lipinski definition) is 6. The quantitative estimate of drug-likeness (QED) is 0.361. The number of nitrogens with zero attached hydrogens (tertiary/aromatic N) is 3. The van der Waals surface area contributed by atoms with E-state index in [-0.39, 0.29) is 18.3 Å². The monoisotopic (exact) mass is 503 g/mol. The maximum absolute atomic E-state index is 13.6. The fraction of sp³-hybridized carbons (Fsp3) is 0.462. The third-order valence-corrected chi connectivity index (χ3v) is 7.20. The minimum Gasteiger partial charge on any atom is -0.494 e. The largest absolute Gasteiger partial charge is 0.494 e. The van der Waals surface area contributed by atoms with Crippen LogP contribution in [0.1, 0.15) is 41.3 Å². The molecular formula is C26H34ClN3O3S. The van der Waals surface area contributed by atoms with Crippen LogP contribution in [0.25, 0.3) is 10.2 Å². The van der Waals surface area contributed by atoms with Crippen LogP contribution in [0.2, 0.25) is 0 Å². The molecule has 0 radical (unpaired) electrons. The Morgan fingerprint density at radius 2 is 1.88 bits per heavy atom. The molecule has 0 bridgehead atoms. The summed E-state index contributed by atoms with van der Waals surface area (Å²) in [6.45, 7) is 11.7. The lowest BCUT2D eigenvalue weighted by atomic mass is 10.1. The normalized spacial score (nSPS) is 14.1. The molecule has 0 atom stereocenters. The van der Waals surface area contributed by atoms with E-state index in [1.807, 2.05) is 29.2 Å². The number of aryl methyl sites for hydroxylation is 2. The van der Waals surface area contributed by atoms with Crippen molar-refractivity contribution >= 4 is 45.0 Å². The van der Waals surface area contributed by atoms with Gasteiger partial charge in [0.2, 0.25) is 0 Å². The van der Waals surface area contributed by atoms with E-state index in [0.717, 1.165) is 66.8 Å². The number of hydrogen-bond donors (Lipinski definition) is 0. The zero-order valence-corrected chi connectivity index (χ0v) is 21.8. The summed E-state index contributed by atoms with van der Waals surface area (Å²) in [7, 11) is 0. The summed E-state index contributed by atoms with van der Waals surface area (Å²) in [6, 6.07) is 11.7. The van der Waals surface area contributed by atoms with Gasteiger partial charge in [0.15, 0.2) is 5.13 Å². The Labute approximate surface area is 212 Å². The molecule has 34 heavy (non-hydrogen) atoms. The number of thiazole rings is 1. The Balaban J connectivity index is 0.00000324. The molecule has 8 heteroatoms. The van der Waals surface area contributed by atoms with Gasteiger partial charge >= 0.3 is 0 Å². The highest BCUT2D eigenvalue weighted by atomic mass is 35.5. The maximum Gasteiger partial charge on any atom is 0.260 e. The van der Waals surface area contributed by atoms with Crippen LogP contribution < -0.4 is 9.64 Å². The summed E-state index contributed by atoms with van der Waals surface area (Å²) in [5.74, 6) is 0.766. The molecular weight excluding hydrogens is 470 g/mol. The zero-order valence-electron chi connectivity index (χ0n) is 20.2. The number of carbonyl (C=O) groups is 1. The minimum atomic E-state index is -0.0307. The first-order chi connectivity index (χ1) is 16.1. The molecule has 0 N–H and O–H groups in total. The van der Waals surface area contributed by atoms with Gasteiger partial charge in [-0.3, -0.25) is 14.6 Å². The summed E-state index contributed by atoms with van der Waals surface area (Å²) in [5.41, 5.74) is 4.01.